The molecule has 0 aliphatic carbocycles. The third-order valence-corrected chi connectivity index (χ3v) is 2.39. The number of halogens is 2. The van der Waals surface area contributed by atoms with E-state index in [0.717, 1.165) is 0 Å². The number of aliphatic hydroxyl groups excluding tert-OH is 1. The van der Waals surface area contributed by atoms with E-state index in [1.165, 1.54) is 12.1 Å². The number of carbonyl (C=O) groups excluding carboxylic acids is 1. The molecule has 5 heteroatoms. The van der Waals surface area contributed by atoms with Crippen molar-refractivity contribution in [2.45, 2.75) is 6.10 Å². The molecule has 0 heterocycles. The normalized spacial score (nSPS) is 12.2. The first-order valence-electron chi connectivity index (χ1n) is 4.40. The number of aliphatic hydroxyl groups is 1. The quantitative estimate of drug-likeness (QED) is 0.816. The molecule has 82 valence electrons. The Bertz CT molecular complexity index is 346. The summed E-state index contributed by atoms with van der Waals surface area (Å²) < 4.78 is 13.2. The van der Waals surface area contributed by atoms with Crippen molar-refractivity contribution < 1.29 is 14.3 Å². The zero-order valence-corrected chi connectivity index (χ0v) is 9.50. The van der Waals surface area contributed by atoms with Gasteiger partial charge in [-0.05, 0) is 6.07 Å². The SMILES string of the molecule is O=C(CBr)NCC(O)c1ccccc1F. The summed E-state index contributed by atoms with van der Waals surface area (Å²) in [5, 5.41) is 12.2. The molecule has 1 aromatic rings. The van der Waals surface area contributed by atoms with Gasteiger partial charge >= 0.3 is 0 Å². The summed E-state index contributed by atoms with van der Waals surface area (Å²) in [6, 6.07) is 5.93. The average Bonchev–Trinajstić information content (AvgIpc) is 2.26. The number of hydrogen-bond acceptors (Lipinski definition) is 2. The maximum absolute atomic E-state index is 13.2. The second-order valence-corrected chi connectivity index (χ2v) is 3.54. The number of nitrogens with one attached hydrogen (secondary N) is 1. The lowest BCUT2D eigenvalue weighted by Crippen LogP contribution is -2.29. The van der Waals surface area contributed by atoms with E-state index in [0.29, 0.717) is 0 Å². The largest absolute Gasteiger partial charge is 0.386 e. The summed E-state index contributed by atoms with van der Waals surface area (Å²) in [5.41, 5.74) is 0.187. The van der Waals surface area contributed by atoms with Crippen LogP contribution in [0.15, 0.2) is 24.3 Å². The number of amides is 1. The van der Waals surface area contributed by atoms with Crippen molar-refractivity contribution in [3.05, 3.63) is 35.6 Å². The minimum absolute atomic E-state index is 0.00532. The first kappa shape index (κ1) is 12.1. The van der Waals surface area contributed by atoms with E-state index < -0.39 is 11.9 Å². The molecular weight excluding hydrogens is 265 g/mol. The highest BCUT2D eigenvalue weighted by atomic mass is 79.9. The molecule has 0 aliphatic heterocycles. The fraction of sp³-hybridized carbons (Fsp3) is 0.300. The van der Waals surface area contributed by atoms with Gasteiger partial charge < -0.3 is 10.4 Å². The highest BCUT2D eigenvalue weighted by Gasteiger charge is 2.12. The fourth-order valence-electron chi connectivity index (χ4n) is 1.11. The van der Waals surface area contributed by atoms with Gasteiger partial charge in [0.2, 0.25) is 5.91 Å². The molecule has 0 bridgehead atoms. The zero-order chi connectivity index (χ0) is 11.3. The van der Waals surface area contributed by atoms with E-state index in [4.69, 9.17) is 0 Å². The molecule has 0 spiro atoms. The Balaban J connectivity index is 2.57. The Morgan fingerprint density at radius 2 is 2.20 bits per heavy atom. The summed E-state index contributed by atoms with van der Waals surface area (Å²) in [6.07, 6.45) is -1.02. The van der Waals surface area contributed by atoms with Crippen molar-refractivity contribution in [1.29, 1.82) is 0 Å². The highest BCUT2D eigenvalue weighted by Crippen LogP contribution is 2.15. The minimum atomic E-state index is -1.02. The first-order chi connectivity index (χ1) is 7.15. The summed E-state index contributed by atoms with van der Waals surface area (Å²) in [4.78, 5) is 10.9. The summed E-state index contributed by atoms with van der Waals surface area (Å²) >= 11 is 2.97. The molecule has 3 nitrogen and oxygen atoms in total. The van der Waals surface area contributed by atoms with Crippen LogP contribution in [-0.2, 0) is 4.79 Å². The van der Waals surface area contributed by atoms with Gasteiger partial charge in [0.15, 0.2) is 0 Å². The third kappa shape index (κ3) is 3.60. The lowest BCUT2D eigenvalue weighted by atomic mass is 10.1. The van der Waals surface area contributed by atoms with Gasteiger partial charge in [0.05, 0.1) is 11.4 Å². The molecule has 2 N–H and O–H groups in total. The summed E-state index contributed by atoms with van der Waals surface area (Å²) in [5.74, 6) is -0.719. The standard InChI is InChI=1S/C10H11BrFNO2/c11-5-10(15)13-6-9(14)7-3-1-2-4-8(7)12/h1-4,9,14H,5-6H2,(H,13,15). The average molecular weight is 276 g/mol. The van der Waals surface area contributed by atoms with Crippen molar-refractivity contribution in [3.63, 3.8) is 0 Å². The van der Waals surface area contributed by atoms with E-state index >= 15 is 0 Å². The van der Waals surface area contributed by atoms with E-state index in [1.807, 2.05) is 0 Å². The fourth-order valence-corrected chi connectivity index (χ4v) is 1.31. The monoisotopic (exact) mass is 275 g/mol. The molecule has 1 aromatic carbocycles. The summed E-state index contributed by atoms with van der Waals surface area (Å²) in [7, 11) is 0. The van der Waals surface area contributed by atoms with E-state index in [2.05, 4.69) is 21.2 Å². The van der Waals surface area contributed by atoms with Gasteiger partial charge in [-0.25, -0.2) is 4.39 Å². The predicted molar refractivity (Wildman–Crippen MR) is 58.2 cm³/mol. The van der Waals surface area contributed by atoms with Gasteiger partial charge in [-0.1, -0.05) is 34.1 Å². The van der Waals surface area contributed by atoms with E-state index in [1.54, 1.807) is 12.1 Å². The maximum Gasteiger partial charge on any atom is 0.230 e. The van der Waals surface area contributed by atoms with Gasteiger partial charge in [0, 0.05) is 12.1 Å². The molecule has 15 heavy (non-hydrogen) atoms. The predicted octanol–water partition coefficient (Wildman–Crippen LogP) is 1.37. The second kappa shape index (κ2) is 5.82. The van der Waals surface area contributed by atoms with Crippen molar-refractivity contribution in [2.24, 2.45) is 0 Å². The van der Waals surface area contributed by atoms with E-state index in [-0.39, 0.29) is 23.3 Å². The second-order valence-electron chi connectivity index (χ2n) is 2.98. The van der Waals surface area contributed by atoms with Crippen molar-refractivity contribution in [1.82, 2.24) is 5.32 Å². The molecule has 1 rings (SSSR count). The van der Waals surface area contributed by atoms with Crippen LogP contribution in [0.4, 0.5) is 4.39 Å². The van der Waals surface area contributed by atoms with Crippen LogP contribution in [-0.4, -0.2) is 22.9 Å². The van der Waals surface area contributed by atoms with E-state index in [9.17, 15) is 14.3 Å². The zero-order valence-electron chi connectivity index (χ0n) is 7.91. The lowest BCUT2D eigenvalue weighted by molar-refractivity contribution is -0.118. The van der Waals surface area contributed by atoms with Crippen LogP contribution in [0, 0.1) is 5.82 Å². The lowest BCUT2D eigenvalue weighted by Gasteiger charge is -2.12. The molecule has 0 saturated carbocycles. The molecule has 1 unspecified atom stereocenters. The van der Waals surface area contributed by atoms with Crippen LogP contribution in [0.2, 0.25) is 0 Å². The van der Waals surface area contributed by atoms with Gasteiger partial charge in [0.1, 0.15) is 5.82 Å². The Kier molecular flexibility index (Phi) is 4.71. The van der Waals surface area contributed by atoms with Crippen LogP contribution in [0.5, 0.6) is 0 Å². The summed E-state index contributed by atoms with van der Waals surface area (Å²) in [6.45, 7) is 0.00532. The minimum Gasteiger partial charge on any atom is -0.386 e. The van der Waals surface area contributed by atoms with Crippen molar-refractivity contribution in [3.8, 4) is 0 Å². The number of rotatable bonds is 4. The van der Waals surface area contributed by atoms with Gasteiger partial charge in [0.25, 0.3) is 0 Å². The molecule has 0 aromatic heterocycles. The Labute approximate surface area is 95.4 Å². The Hall–Kier alpha value is -0.940. The van der Waals surface area contributed by atoms with Crippen LogP contribution < -0.4 is 5.32 Å². The van der Waals surface area contributed by atoms with Gasteiger partial charge in [-0.2, -0.15) is 0 Å². The van der Waals surface area contributed by atoms with Crippen LogP contribution in [0.25, 0.3) is 0 Å². The molecular formula is C10H11BrFNO2. The van der Waals surface area contributed by atoms with Crippen LogP contribution >= 0.6 is 15.9 Å². The van der Waals surface area contributed by atoms with Crippen LogP contribution in [0.1, 0.15) is 11.7 Å². The van der Waals surface area contributed by atoms with Crippen molar-refractivity contribution >= 4 is 21.8 Å². The molecule has 1 amide bonds. The first-order valence-corrected chi connectivity index (χ1v) is 5.52. The topological polar surface area (TPSA) is 49.3 Å². The molecule has 1 atom stereocenters. The van der Waals surface area contributed by atoms with Crippen molar-refractivity contribution in [2.75, 3.05) is 11.9 Å². The number of alkyl halides is 1. The van der Waals surface area contributed by atoms with Gasteiger partial charge in [-0.15, -0.1) is 0 Å². The smallest absolute Gasteiger partial charge is 0.230 e. The van der Waals surface area contributed by atoms with Crippen LogP contribution in [0.3, 0.4) is 0 Å². The third-order valence-electron chi connectivity index (χ3n) is 1.88. The number of carbonyl (C=O) groups is 1. The Morgan fingerprint density at radius 3 is 2.80 bits per heavy atom. The Morgan fingerprint density at radius 1 is 1.53 bits per heavy atom. The molecule has 0 radical (unpaired) electrons. The molecule has 0 saturated heterocycles. The maximum atomic E-state index is 13.2. The molecule has 0 fully saturated rings. The van der Waals surface area contributed by atoms with Gasteiger partial charge in [-0.3, -0.25) is 4.79 Å². The molecule has 0 aliphatic rings. The number of hydrogen-bond donors (Lipinski definition) is 2. The number of benzene rings is 1. The highest BCUT2D eigenvalue weighted by molar-refractivity contribution is 9.09.